The molecular formula is C21H41F2N3. The third-order valence-corrected chi connectivity index (χ3v) is 7.00. The third-order valence-electron chi connectivity index (χ3n) is 7.00. The summed E-state index contributed by atoms with van der Waals surface area (Å²) in [5, 5.41) is 0. The average molecular weight is 374 g/mol. The van der Waals surface area contributed by atoms with E-state index in [9.17, 15) is 0 Å². The van der Waals surface area contributed by atoms with Crippen molar-refractivity contribution >= 4 is 0 Å². The molecule has 0 aromatic rings. The zero-order valence-corrected chi connectivity index (χ0v) is 17.6. The molecule has 154 valence electrons. The average Bonchev–Trinajstić information content (AvgIpc) is 2.47. The first-order valence-electron chi connectivity index (χ1n) is 10.6. The van der Waals surface area contributed by atoms with E-state index in [4.69, 9.17) is 0 Å². The number of rotatable bonds is 5. The van der Waals surface area contributed by atoms with Crippen LogP contribution >= 0.6 is 0 Å². The summed E-state index contributed by atoms with van der Waals surface area (Å²) in [6.07, 6.45) is 3.64. The molecule has 0 aliphatic carbocycles. The highest BCUT2D eigenvalue weighted by Gasteiger charge is 2.46. The predicted molar refractivity (Wildman–Crippen MR) is 106 cm³/mol. The van der Waals surface area contributed by atoms with Gasteiger partial charge >= 0.3 is 0 Å². The van der Waals surface area contributed by atoms with Crippen LogP contribution in [0.2, 0.25) is 0 Å². The van der Waals surface area contributed by atoms with Crippen LogP contribution in [0.3, 0.4) is 0 Å². The fourth-order valence-corrected chi connectivity index (χ4v) is 5.26. The van der Waals surface area contributed by atoms with Gasteiger partial charge < -0.3 is 4.90 Å². The molecule has 0 amide bonds. The van der Waals surface area contributed by atoms with Crippen LogP contribution in [0.5, 0.6) is 0 Å². The van der Waals surface area contributed by atoms with Crippen molar-refractivity contribution in [2.45, 2.75) is 65.6 Å². The first-order valence-corrected chi connectivity index (χ1v) is 10.6. The standard InChI is InChI=1S/C21H40FN3.FH/c1-17(2)12-24-9-6-19(20(5,22)14-24)13-23-10-7-21(8-11-23)15-25(16-21)18(3)4;/h17-19H,6-16H2,1-5H3;1H. The second-order valence-electron chi connectivity index (χ2n) is 10.2. The summed E-state index contributed by atoms with van der Waals surface area (Å²) < 4.78 is 15.3. The molecule has 3 saturated heterocycles. The molecule has 0 aromatic heterocycles. The Balaban J connectivity index is 0.00000243. The number of nitrogens with zero attached hydrogens (tertiary/aromatic N) is 3. The van der Waals surface area contributed by atoms with Gasteiger partial charge in [-0.1, -0.05) is 13.8 Å². The van der Waals surface area contributed by atoms with Gasteiger partial charge in [-0.2, -0.15) is 0 Å². The maximum absolute atomic E-state index is 15.3. The van der Waals surface area contributed by atoms with E-state index in [0.717, 1.165) is 26.1 Å². The molecule has 3 aliphatic rings. The number of piperidine rings is 2. The molecule has 0 aromatic carbocycles. The van der Waals surface area contributed by atoms with Gasteiger partial charge in [-0.15, -0.1) is 0 Å². The Kier molecular flexibility index (Phi) is 7.12. The van der Waals surface area contributed by atoms with E-state index in [1.54, 1.807) is 0 Å². The summed E-state index contributed by atoms with van der Waals surface area (Å²) in [7, 11) is 0. The van der Waals surface area contributed by atoms with Crippen LogP contribution in [0.4, 0.5) is 9.09 Å². The summed E-state index contributed by atoms with van der Waals surface area (Å²) in [4.78, 5) is 7.49. The zero-order chi connectivity index (χ0) is 18.2. The van der Waals surface area contributed by atoms with Crippen LogP contribution in [0.1, 0.15) is 53.9 Å². The van der Waals surface area contributed by atoms with Gasteiger partial charge in [0.1, 0.15) is 5.67 Å². The molecule has 2 atom stereocenters. The van der Waals surface area contributed by atoms with Gasteiger partial charge in [0.05, 0.1) is 0 Å². The van der Waals surface area contributed by atoms with Crippen molar-refractivity contribution in [2.75, 3.05) is 52.4 Å². The SMILES string of the molecule is CC(C)CN1CCC(CN2CCC3(CC2)CN(C(C)C)C3)C(C)(F)C1.F. The molecule has 3 rings (SSSR count). The first kappa shape index (κ1) is 22.0. The summed E-state index contributed by atoms with van der Waals surface area (Å²) in [5.41, 5.74) is -0.451. The minimum Gasteiger partial charge on any atom is -0.303 e. The fourth-order valence-electron chi connectivity index (χ4n) is 5.26. The molecule has 3 fully saturated rings. The van der Waals surface area contributed by atoms with Gasteiger partial charge in [-0.3, -0.25) is 14.5 Å². The maximum atomic E-state index is 15.3. The van der Waals surface area contributed by atoms with Crippen molar-refractivity contribution in [1.29, 1.82) is 0 Å². The van der Waals surface area contributed by atoms with Crippen LogP contribution in [-0.2, 0) is 0 Å². The van der Waals surface area contributed by atoms with Crippen molar-refractivity contribution in [1.82, 2.24) is 14.7 Å². The Morgan fingerprint density at radius 1 is 0.962 bits per heavy atom. The lowest BCUT2D eigenvalue weighted by atomic mass is 9.71. The van der Waals surface area contributed by atoms with Crippen molar-refractivity contribution < 1.29 is 9.09 Å². The van der Waals surface area contributed by atoms with E-state index in [1.165, 1.54) is 39.0 Å². The van der Waals surface area contributed by atoms with Gasteiger partial charge in [0.25, 0.3) is 0 Å². The minimum absolute atomic E-state index is 0. The van der Waals surface area contributed by atoms with E-state index in [-0.39, 0.29) is 10.6 Å². The summed E-state index contributed by atoms with van der Waals surface area (Å²) >= 11 is 0. The second-order valence-corrected chi connectivity index (χ2v) is 10.2. The molecule has 0 N–H and O–H groups in total. The minimum atomic E-state index is -1.03. The zero-order valence-electron chi connectivity index (χ0n) is 17.6. The quantitative estimate of drug-likeness (QED) is 0.728. The van der Waals surface area contributed by atoms with Gasteiger partial charge in [-0.25, -0.2) is 4.39 Å². The van der Waals surface area contributed by atoms with E-state index in [1.807, 2.05) is 6.92 Å². The van der Waals surface area contributed by atoms with E-state index in [2.05, 4.69) is 42.4 Å². The van der Waals surface area contributed by atoms with Crippen LogP contribution < -0.4 is 0 Å². The normalized spacial score (nSPS) is 33.5. The van der Waals surface area contributed by atoms with Crippen molar-refractivity contribution in [3.05, 3.63) is 0 Å². The molecule has 3 aliphatic heterocycles. The molecule has 2 unspecified atom stereocenters. The number of alkyl halides is 1. The molecule has 1 spiro atoms. The second kappa shape index (κ2) is 8.40. The molecule has 26 heavy (non-hydrogen) atoms. The maximum Gasteiger partial charge on any atom is 0.124 e. The van der Waals surface area contributed by atoms with E-state index in [0.29, 0.717) is 23.9 Å². The highest BCUT2D eigenvalue weighted by molar-refractivity contribution is 5.00. The molecule has 0 bridgehead atoms. The Labute approximate surface area is 159 Å². The van der Waals surface area contributed by atoms with Crippen molar-refractivity contribution in [3.63, 3.8) is 0 Å². The highest BCUT2D eigenvalue weighted by Crippen LogP contribution is 2.42. The molecule has 0 radical (unpaired) electrons. The smallest absolute Gasteiger partial charge is 0.124 e. The molecule has 3 nitrogen and oxygen atoms in total. The number of hydrogen-bond donors (Lipinski definition) is 0. The van der Waals surface area contributed by atoms with Crippen molar-refractivity contribution in [2.24, 2.45) is 17.3 Å². The number of likely N-dealkylation sites (tertiary alicyclic amines) is 3. The van der Waals surface area contributed by atoms with Gasteiger partial charge in [0.15, 0.2) is 0 Å². The summed E-state index contributed by atoms with van der Waals surface area (Å²) in [6.45, 7) is 19.5. The topological polar surface area (TPSA) is 9.72 Å². The van der Waals surface area contributed by atoms with Gasteiger partial charge in [0, 0.05) is 44.7 Å². The Morgan fingerprint density at radius 2 is 1.58 bits per heavy atom. The Hall–Kier alpha value is -0.260. The fraction of sp³-hybridized carbons (Fsp3) is 1.00. The number of hydrogen-bond acceptors (Lipinski definition) is 3. The third kappa shape index (κ3) is 4.96. The van der Waals surface area contributed by atoms with Crippen LogP contribution in [0.25, 0.3) is 0 Å². The lowest BCUT2D eigenvalue weighted by Crippen LogP contribution is -2.62. The van der Waals surface area contributed by atoms with Crippen molar-refractivity contribution in [3.8, 4) is 0 Å². The van der Waals surface area contributed by atoms with Gasteiger partial charge in [0.2, 0.25) is 0 Å². The van der Waals surface area contributed by atoms with Crippen LogP contribution in [0.15, 0.2) is 0 Å². The number of halogens is 2. The van der Waals surface area contributed by atoms with E-state index >= 15 is 4.39 Å². The summed E-state index contributed by atoms with van der Waals surface area (Å²) in [5.74, 6) is 0.831. The molecule has 3 heterocycles. The Morgan fingerprint density at radius 3 is 2.08 bits per heavy atom. The predicted octanol–water partition coefficient (Wildman–Crippen LogP) is 3.65. The van der Waals surface area contributed by atoms with Crippen LogP contribution in [0, 0.1) is 17.3 Å². The largest absolute Gasteiger partial charge is 0.303 e. The van der Waals surface area contributed by atoms with Crippen LogP contribution in [-0.4, -0.2) is 78.8 Å². The lowest BCUT2D eigenvalue weighted by Gasteiger charge is -2.56. The van der Waals surface area contributed by atoms with Gasteiger partial charge in [-0.05, 0) is 71.0 Å². The van der Waals surface area contributed by atoms with E-state index < -0.39 is 5.67 Å². The monoisotopic (exact) mass is 373 g/mol. The summed E-state index contributed by atoms with van der Waals surface area (Å²) in [6, 6.07) is 0.687. The Bertz CT molecular complexity index is 437. The molecule has 5 heteroatoms. The molecular weight excluding hydrogens is 332 g/mol. The molecule has 0 saturated carbocycles. The lowest BCUT2D eigenvalue weighted by molar-refractivity contribution is -0.0727. The first-order chi connectivity index (χ1) is 11.7. The highest BCUT2D eigenvalue weighted by atomic mass is 19.1.